The molecule has 49 heavy (non-hydrogen) atoms. The molecule has 1 atom stereocenters. The van der Waals surface area contributed by atoms with Gasteiger partial charge in [0, 0.05) is 32.3 Å². The zero-order valence-electron chi connectivity index (χ0n) is 27.4. The number of thiocarbonyl (C=S) groups is 1. The SMILES string of the molecule is CC(C)(Oc1ccc(C(=O)c2ccc(Cl)cc2)cc1)C(=O)OCCOCC(=S)C(O)C(C)(C)Oc1ccc(C(=O)c2ccc(Cl)cc2)cc1. The van der Waals surface area contributed by atoms with E-state index in [0.29, 0.717) is 43.8 Å². The minimum absolute atomic E-state index is 0.0284. The average molecular weight is 724 g/mol. The summed E-state index contributed by atoms with van der Waals surface area (Å²) in [5, 5.41) is 12.0. The van der Waals surface area contributed by atoms with Gasteiger partial charge in [-0.2, -0.15) is 0 Å². The van der Waals surface area contributed by atoms with E-state index in [4.69, 9.17) is 54.4 Å². The Morgan fingerprint density at radius 3 is 1.47 bits per heavy atom. The molecule has 0 amide bonds. The fourth-order valence-corrected chi connectivity index (χ4v) is 5.21. The van der Waals surface area contributed by atoms with E-state index in [1.54, 1.807) is 125 Å². The zero-order valence-corrected chi connectivity index (χ0v) is 29.7. The van der Waals surface area contributed by atoms with Gasteiger partial charge in [-0.3, -0.25) is 9.59 Å². The van der Waals surface area contributed by atoms with Crippen molar-refractivity contribution in [3.8, 4) is 11.5 Å². The lowest BCUT2D eigenvalue weighted by atomic mass is 9.98. The number of ketones is 2. The van der Waals surface area contributed by atoms with Gasteiger partial charge in [-0.15, -0.1) is 0 Å². The molecule has 0 aromatic heterocycles. The van der Waals surface area contributed by atoms with Gasteiger partial charge in [0.1, 0.15) is 29.8 Å². The van der Waals surface area contributed by atoms with Crippen LogP contribution in [0.15, 0.2) is 97.1 Å². The number of hydrogen-bond acceptors (Lipinski definition) is 9. The highest BCUT2D eigenvalue weighted by atomic mass is 35.5. The third-order valence-corrected chi connectivity index (χ3v) is 8.21. The lowest BCUT2D eigenvalue weighted by molar-refractivity contribution is -0.160. The van der Waals surface area contributed by atoms with E-state index in [-0.39, 0.29) is 36.3 Å². The third-order valence-electron chi connectivity index (χ3n) is 7.36. The van der Waals surface area contributed by atoms with E-state index in [9.17, 15) is 19.5 Å². The van der Waals surface area contributed by atoms with E-state index in [1.807, 2.05) is 0 Å². The Bertz CT molecular complexity index is 1770. The quantitative estimate of drug-likeness (QED) is 0.0537. The molecule has 0 spiro atoms. The van der Waals surface area contributed by atoms with Crippen molar-refractivity contribution in [2.45, 2.75) is 45.0 Å². The van der Waals surface area contributed by atoms with Gasteiger partial charge >= 0.3 is 5.97 Å². The van der Waals surface area contributed by atoms with Gasteiger partial charge < -0.3 is 24.1 Å². The summed E-state index contributed by atoms with van der Waals surface area (Å²) < 4.78 is 22.7. The van der Waals surface area contributed by atoms with Crippen molar-refractivity contribution < 1.29 is 38.4 Å². The molecule has 0 aliphatic rings. The van der Waals surface area contributed by atoms with Crippen LogP contribution >= 0.6 is 35.4 Å². The van der Waals surface area contributed by atoms with Crippen LogP contribution in [0.4, 0.5) is 0 Å². The first-order valence-corrected chi connectivity index (χ1v) is 16.5. The number of halogens is 2. The third kappa shape index (κ3) is 10.4. The molecule has 256 valence electrons. The van der Waals surface area contributed by atoms with Gasteiger partial charge in [0.05, 0.1) is 18.1 Å². The normalized spacial score (nSPS) is 12.1. The van der Waals surface area contributed by atoms with Crippen molar-refractivity contribution in [2.24, 2.45) is 0 Å². The Morgan fingerprint density at radius 2 is 1.04 bits per heavy atom. The van der Waals surface area contributed by atoms with Crippen LogP contribution in [0.3, 0.4) is 0 Å². The van der Waals surface area contributed by atoms with Crippen molar-refractivity contribution in [3.63, 3.8) is 0 Å². The first-order chi connectivity index (χ1) is 23.2. The maximum absolute atomic E-state index is 12.7. The predicted octanol–water partition coefficient (Wildman–Crippen LogP) is 7.76. The Labute approximate surface area is 300 Å². The summed E-state index contributed by atoms with van der Waals surface area (Å²) in [5.74, 6) is -0.106. The molecule has 11 heteroatoms. The molecule has 0 radical (unpaired) electrons. The monoisotopic (exact) mass is 722 g/mol. The molecular weight excluding hydrogens is 687 g/mol. The van der Waals surface area contributed by atoms with Gasteiger partial charge in [-0.25, -0.2) is 4.79 Å². The molecule has 0 bridgehead atoms. The second-order valence-electron chi connectivity index (χ2n) is 12.1. The number of rotatable bonds is 16. The molecule has 0 saturated carbocycles. The smallest absolute Gasteiger partial charge is 0.349 e. The summed E-state index contributed by atoms with van der Waals surface area (Å²) in [7, 11) is 0. The molecule has 4 aromatic carbocycles. The van der Waals surface area contributed by atoms with Crippen LogP contribution in [0.25, 0.3) is 0 Å². The summed E-state index contributed by atoms with van der Waals surface area (Å²) in [6.07, 6.45) is -1.17. The molecule has 1 N–H and O–H groups in total. The molecule has 0 saturated heterocycles. The number of benzene rings is 4. The largest absolute Gasteiger partial charge is 0.485 e. The van der Waals surface area contributed by atoms with Crippen LogP contribution in [0.5, 0.6) is 11.5 Å². The maximum Gasteiger partial charge on any atom is 0.349 e. The fraction of sp³-hybridized carbons (Fsp3) is 0.263. The summed E-state index contributed by atoms with van der Waals surface area (Å²) >= 11 is 17.2. The molecule has 0 heterocycles. The lowest BCUT2D eigenvalue weighted by Crippen LogP contribution is -2.47. The molecule has 4 aromatic rings. The maximum atomic E-state index is 12.7. The van der Waals surface area contributed by atoms with Gasteiger partial charge in [0.15, 0.2) is 17.2 Å². The van der Waals surface area contributed by atoms with Gasteiger partial charge in [0.2, 0.25) is 0 Å². The molecule has 4 rings (SSSR count). The summed E-state index contributed by atoms with van der Waals surface area (Å²) in [4.78, 5) is 38.4. The Hall–Kier alpha value is -4.12. The number of carbonyl (C=O) groups is 3. The molecule has 0 aliphatic heterocycles. The first-order valence-electron chi connectivity index (χ1n) is 15.3. The van der Waals surface area contributed by atoms with Crippen LogP contribution in [0.1, 0.15) is 59.5 Å². The lowest BCUT2D eigenvalue weighted by Gasteiger charge is -2.32. The van der Waals surface area contributed by atoms with Crippen LogP contribution in [-0.2, 0) is 14.3 Å². The van der Waals surface area contributed by atoms with E-state index in [0.717, 1.165) is 0 Å². The van der Waals surface area contributed by atoms with E-state index >= 15 is 0 Å². The molecule has 1 unspecified atom stereocenters. The molecular formula is C38H36Cl2O8S. The summed E-state index contributed by atoms with van der Waals surface area (Å²) in [6, 6.07) is 26.3. The second kappa shape index (κ2) is 16.5. The predicted molar refractivity (Wildman–Crippen MR) is 192 cm³/mol. The average Bonchev–Trinajstić information content (AvgIpc) is 3.08. The van der Waals surface area contributed by atoms with Gasteiger partial charge in [0.25, 0.3) is 0 Å². The molecule has 0 aliphatic carbocycles. The molecule has 0 fully saturated rings. The van der Waals surface area contributed by atoms with Crippen molar-refractivity contribution in [3.05, 3.63) is 129 Å². The minimum Gasteiger partial charge on any atom is -0.485 e. The number of carbonyl (C=O) groups excluding carboxylic acids is 3. The standard InChI is InChI=1S/C38H36Cl2O8S/c1-37(2,47-30-17-9-26(10-18-30)33(41)24-5-13-28(39)14-6-24)35(43)32(49)23-45-21-22-46-36(44)38(3,4)48-31-19-11-27(12-20-31)34(42)25-7-15-29(40)16-8-25/h5-20,35,43H,21-23H2,1-4H3. The first kappa shape index (κ1) is 37.7. The van der Waals surface area contributed by atoms with Crippen molar-refractivity contribution >= 4 is 57.8 Å². The second-order valence-corrected chi connectivity index (χ2v) is 13.5. The van der Waals surface area contributed by atoms with Gasteiger partial charge in [-0.05, 0) is 125 Å². The van der Waals surface area contributed by atoms with Crippen molar-refractivity contribution in [1.82, 2.24) is 0 Å². The number of esters is 1. The number of aliphatic hydroxyl groups is 1. The Morgan fingerprint density at radius 1 is 0.653 bits per heavy atom. The minimum atomic E-state index is -1.32. The topological polar surface area (TPSA) is 108 Å². The van der Waals surface area contributed by atoms with Crippen LogP contribution < -0.4 is 9.47 Å². The van der Waals surface area contributed by atoms with E-state index in [2.05, 4.69) is 0 Å². The van der Waals surface area contributed by atoms with Crippen LogP contribution in [0.2, 0.25) is 10.0 Å². The number of ether oxygens (including phenoxy) is 4. The Balaban J connectivity index is 1.19. The number of hydrogen-bond donors (Lipinski definition) is 1. The fourth-order valence-electron chi connectivity index (χ4n) is 4.59. The van der Waals surface area contributed by atoms with Crippen LogP contribution in [0, 0.1) is 0 Å². The van der Waals surface area contributed by atoms with Gasteiger partial charge in [-0.1, -0.05) is 35.4 Å². The van der Waals surface area contributed by atoms with Crippen LogP contribution in [-0.4, -0.2) is 64.6 Å². The van der Waals surface area contributed by atoms with Crippen molar-refractivity contribution in [1.29, 1.82) is 0 Å². The van der Waals surface area contributed by atoms with Crippen molar-refractivity contribution in [2.75, 3.05) is 19.8 Å². The summed E-state index contributed by atoms with van der Waals surface area (Å²) in [6.45, 7) is 6.40. The number of aliphatic hydroxyl groups excluding tert-OH is 1. The molecule has 8 nitrogen and oxygen atoms in total. The summed E-state index contributed by atoms with van der Waals surface area (Å²) in [5.41, 5.74) is -0.484. The highest BCUT2D eigenvalue weighted by Gasteiger charge is 2.34. The van der Waals surface area contributed by atoms with E-state index in [1.165, 1.54) is 0 Å². The highest BCUT2D eigenvalue weighted by molar-refractivity contribution is 7.80. The zero-order chi connectivity index (χ0) is 35.8. The highest BCUT2D eigenvalue weighted by Crippen LogP contribution is 2.25. The van der Waals surface area contributed by atoms with E-state index < -0.39 is 23.3 Å². The Kier molecular flexibility index (Phi) is 12.7.